The molecule has 1 aromatic rings. The predicted molar refractivity (Wildman–Crippen MR) is 79.6 cm³/mol. The second kappa shape index (κ2) is 6.17. The first-order valence-electron chi connectivity index (χ1n) is 6.28. The van der Waals surface area contributed by atoms with Gasteiger partial charge >= 0.3 is 0 Å². The number of carbonyl (C=O) groups excluding carboxylic acids is 1. The maximum Gasteiger partial charge on any atom is 0.252 e. The summed E-state index contributed by atoms with van der Waals surface area (Å²) >= 11 is 1.98. The van der Waals surface area contributed by atoms with Crippen LogP contribution in [0.2, 0.25) is 0 Å². The average Bonchev–Trinajstić information content (AvgIpc) is 3.14. The maximum atomic E-state index is 13.0. The summed E-state index contributed by atoms with van der Waals surface area (Å²) in [5, 5.41) is 2.95. The predicted octanol–water partition coefficient (Wildman–Crippen LogP) is 2.98. The van der Waals surface area contributed by atoms with Gasteiger partial charge < -0.3 is 10.1 Å². The zero-order chi connectivity index (χ0) is 13.9. The van der Waals surface area contributed by atoms with Crippen molar-refractivity contribution >= 4 is 28.5 Å². The van der Waals surface area contributed by atoms with Gasteiger partial charge in [0.25, 0.3) is 5.91 Å². The third-order valence-corrected chi connectivity index (χ3v) is 4.49. The van der Waals surface area contributed by atoms with E-state index in [2.05, 4.69) is 5.32 Å². The molecule has 2 rings (SSSR count). The second-order valence-corrected chi connectivity index (χ2v) is 6.21. The van der Waals surface area contributed by atoms with Gasteiger partial charge in [-0.2, -0.15) is 0 Å². The van der Waals surface area contributed by atoms with Crippen molar-refractivity contribution in [2.75, 3.05) is 20.3 Å². The SMILES string of the molecule is COCCC1(CNC(=O)c2ccc(F)cc2I)CC1. The number of amides is 1. The van der Waals surface area contributed by atoms with Gasteiger partial charge in [-0.15, -0.1) is 0 Å². The van der Waals surface area contributed by atoms with E-state index < -0.39 is 0 Å². The van der Waals surface area contributed by atoms with Crippen LogP contribution < -0.4 is 5.32 Å². The molecule has 0 saturated heterocycles. The summed E-state index contributed by atoms with van der Waals surface area (Å²) in [4.78, 5) is 12.1. The molecule has 0 atom stereocenters. The van der Waals surface area contributed by atoms with E-state index in [4.69, 9.17) is 4.74 Å². The minimum atomic E-state index is -0.320. The number of hydrogen-bond acceptors (Lipinski definition) is 2. The molecule has 1 aliphatic rings. The fourth-order valence-corrected chi connectivity index (χ4v) is 2.77. The lowest BCUT2D eigenvalue weighted by molar-refractivity contribution is 0.0937. The van der Waals surface area contributed by atoms with Crippen LogP contribution in [0.1, 0.15) is 29.6 Å². The van der Waals surface area contributed by atoms with E-state index in [-0.39, 0.29) is 17.1 Å². The summed E-state index contributed by atoms with van der Waals surface area (Å²) in [5.41, 5.74) is 0.751. The number of carbonyl (C=O) groups is 1. The fourth-order valence-electron chi connectivity index (χ4n) is 2.05. The van der Waals surface area contributed by atoms with Gasteiger partial charge in [-0.25, -0.2) is 4.39 Å². The summed E-state index contributed by atoms with van der Waals surface area (Å²) in [5.74, 6) is -0.451. The maximum absolute atomic E-state index is 13.0. The van der Waals surface area contributed by atoms with Gasteiger partial charge in [0.15, 0.2) is 0 Å². The van der Waals surface area contributed by atoms with Gasteiger partial charge in [-0.05, 0) is 65.5 Å². The number of benzene rings is 1. The highest BCUT2D eigenvalue weighted by molar-refractivity contribution is 14.1. The summed E-state index contributed by atoms with van der Waals surface area (Å²) in [6.07, 6.45) is 3.25. The van der Waals surface area contributed by atoms with Gasteiger partial charge in [0, 0.05) is 23.8 Å². The lowest BCUT2D eigenvalue weighted by atomic mass is 10.0. The number of methoxy groups -OCH3 is 1. The first kappa shape index (κ1) is 14.7. The Morgan fingerprint density at radius 3 is 2.84 bits per heavy atom. The van der Waals surface area contributed by atoms with Crippen LogP contribution in [0.15, 0.2) is 18.2 Å². The number of rotatable bonds is 6. The van der Waals surface area contributed by atoms with Crippen molar-refractivity contribution in [2.45, 2.75) is 19.3 Å². The van der Waals surface area contributed by atoms with Gasteiger partial charge in [-0.3, -0.25) is 4.79 Å². The van der Waals surface area contributed by atoms with E-state index in [1.54, 1.807) is 7.11 Å². The van der Waals surface area contributed by atoms with Crippen LogP contribution in [0.4, 0.5) is 4.39 Å². The third-order valence-electron chi connectivity index (χ3n) is 3.59. The molecule has 0 aliphatic heterocycles. The second-order valence-electron chi connectivity index (χ2n) is 5.05. The molecule has 19 heavy (non-hydrogen) atoms. The lowest BCUT2D eigenvalue weighted by Crippen LogP contribution is -2.31. The monoisotopic (exact) mass is 377 g/mol. The summed E-state index contributed by atoms with van der Waals surface area (Å²) in [6, 6.07) is 4.21. The van der Waals surface area contributed by atoms with Crippen LogP contribution in [-0.2, 0) is 4.74 Å². The van der Waals surface area contributed by atoms with Crippen molar-refractivity contribution < 1.29 is 13.9 Å². The van der Waals surface area contributed by atoms with Crippen molar-refractivity contribution in [3.63, 3.8) is 0 Å². The summed E-state index contributed by atoms with van der Waals surface area (Å²) in [6.45, 7) is 1.40. The molecule has 0 spiro atoms. The molecule has 1 fully saturated rings. The molecule has 0 aromatic heterocycles. The Balaban J connectivity index is 1.91. The minimum Gasteiger partial charge on any atom is -0.385 e. The van der Waals surface area contributed by atoms with Crippen LogP contribution in [0.5, 0.6) is 0 Å². The van der Waals surface area contributed by atoms with Gasteiger partial charge in [-0.1, -0.05) is 0 Å². The van der Waals surface area contributed by atoms with E-state index >= 15 is 0 Å². The largest absolute Gasteiger partial charge is 0.385 e. The van der Waals surface area contributed by atoms with Crippen LogP contribution in [0.3, 0.4) is 0 Å². The first-order chi connectivity index (χ1) is 9.06. The van der Waals surface area contributed by atoms with Gasteiger partial charge in [0.1, 0.15) is 5.82 Å². The molecule has 3 nitrogen and oxygen atoms in total. The van der Waals surface area contributed by atoms with Crippen LogP contribution >= 0.6 is 22.6 Å². The van der Waals surface area contributed by atoms with E-state index in [1.165, 1.54) is 18.2 Å². The standard InChI is InChI=1S/C14H17FINO2/c1-19-7-6-14(4-5-14)9-17-13(18)11-3-2-10(15)8-12(11)16/h2-3,8H,4-7,9H2,1H3,(H,17,18). The van der Waals surface area contributed by atoms with Crippen molar-refractivity contribution in [3.8, 4) is 0 Å². The zero-order valence-corrected chi connectivity index (χ0v) is 13.0. The molecule has 0 unspecified atom stereocenters. The number of halogens is 2. The normalized spacial score (nSPS) is 16.2. The molecular formula is C14H17FINO2. The van der Waals surface area contributed by atoms with E-state index in [0.717, 1.165) is 25.9 Å². The topological polar surface area (TPSA) is 38.3 Å². The quantitative estimate of drug-likeness (QED) is 0.775. The van der Waals surface area contributed by atoms with Crippen LogP contribution in [-0.4, -0.2) is 26.2 Å². The number of nitrogens with one attached hydrogen (secondary N) is 1. The fraction of sp³-hybridized carbons (Fsp3) is 0.500. The zero-order valence-electron chi connectivity index (χ0n) is 10.8. The Hall–Kier alpha value is -0.690. The van der Waals surface area contributed by atoms with E-state index in [9.17, 15) is 9.18 Å². The Labute approximate surface area is 126 Å². The van der Waals surface area contributed by atoms with Gasteiger partial charge in [0.05, 0.1) is 5.56 Å². The third kappa shape index (κ3) is 3.89. The summed E-state index contributed by atoms with van der Waals surface area (Å²) < 4.78 is 18.7. The Bertz CT molecular complexity index is 475. The summed E-state index contributed by atoms with van der Waals surface area (Å²) in [7, 11) is 1.69. The average molecular weight is 377 g/mol. The van der Waals surface area contributed by atoms with E-state index in [1.807, 2.05) is 22.6 Å². The first-order valence-corrected chi connectivity index (χ1v) is 7.36. The van der Waals surface area contributed by atoms with E-state index in [0.29, 0.717) is 15.7 Å². The molecule has 0 heterocycles. The molecular weight excluding hydrogens is 360 g/mol. The smallest absolute Gasteiger partial charge is 0.252 e. The number of hydrogen-bond donors (Lipinski definition) is 1. The molecule has 104 valence electrons. The Morgan fingerprint density at radius 1 is 1.53 bits per heavy atom. The Kier molecular flexibility index (Phi) is 4.78. The molecule has 5 heteroatoms. The number of ether oxygens (including phenoxy) is 1. The van der Waals surface area contributed by atoms with Gasteiger partial charge in [0.2, 0.25) is 0 Å². The van der Waals surface area contributed by atoms with Crippen LogP contribution in [0.25, 0.3) is 0 Å². The Morgan fingerprint density at radius 2 is 2.26 bits per heavy atom. The molecule has 1 aromatic carbocycles. The molecule has 1 aliphatic carbocycles. The minimum absolute atomic E-state index is 0.131. The van der Waals surface area contributed by atoms with Crippen molar-refractivity contribution in [1.82, 2.24) is 5.32 Å². The molecule has 1 N–H and O–H groups in total. The molecule has 1 amide bonds. The van der Waals surface area contributed by atoms with Crippen molar-refractivity contribution in [3.05, 3.63) is 33.1 Å². The highest BCUT2D eigenvalue weighted by atomic mass is 127. The van der Waals surface area contributed by atoms with Crippen molar-refractivity contribution in [1.29, 1.82) is 0 Å². The molecule has 1 saturated carbocycles. The molecule has 0 radical (unpaired) electrons. The van der Waals surface area contributed by atoms with Crippen LogP contribution in [0, 0.1) is 14.8 Å². The highest BCUT2D eigenvalue weighted by Gasteiger charge is 2.42. The lowest BCUT2D eigenvalue weighted by Gasteiger charge is -2.15. The molecule has 0 bridgehead atoms. The highest BCUT2D eigenvalue weighted by Crippen LogP contribution is 2.48. The van der Waals surface area contributed by atoms with Crippen molar-refractivity contribution in [2.24, 2.45) is 5.41 Å².